The fourth-order valence-electron chi connectivity index (χ4n) is 1.59. The van der Waals surface area contributed by atoms with Crippen molar-refractivity contribution in [2.45, 2.75) is 6.54 Å². The zero-order chi connectivity index (χ0) is 10.1. The molecule has 1 heterocycles. The lowest BCUT2D eigenvalue weighted by molar-refractivity contribution is -0.108. The number of carbonyl (C=O) groups excluding carboxylic acids is 2. The summed E-state index contributed by atoms with van der Waals surface area (Å²) < 4.78 is 0.956. The van der Waals surface area contributed by atoms with E-state index in [0.29, 0.717) is 12.1 Å². The summed E-state index contributed by atoms with van der Waals surface area (Å²) in [5.41, 5.74) is 1.68. The highest BCUT2D eigenvalue weighted by Gasteiger charge is 2.26. The standard InChI is InChI=1S/C10H8BrNO2/c11-8-1-2-9-7(5-8)6-12(3-4-13)10(9)14/h1-2,4-5H,3,6H2. The minimum Gasteiger partial charge on any atom is -0.327 e. The second-order valence-electron chi connectivity index (χ2n) is 3.15. The van der Waals surface area contributed by atoms with Crippen LogP contribution in [-0.2, 0) is 11.3 Å². The highest BCUT2D eigenvalue weighted by atomic mass is 79.9. The van der Waals surface area contributed by atoms with Gasteiger partial charge in [0.2, 0.25) is 0 Å². The first kappa shape index (κ1) is 9.40. The predicted octanol–water partition coefficient (Wildman–Crippen LogP) is 1.60. The third-order valence-corrected chi connectivity index (χ3v) is 2.73. The van der Waals surface area contributed by atoms with Crippen LogP contribution in [0.2, 0.25) is 0 Å². The lowest BCUT2D eigenvalue weighted by Crippen LogP contribution is -2.25. The molecule has 0 fully saturated rings. The molecule has 0 radical (unpaired) electrons. The first-order valence-corrected chi connectivity index (χ1v) is 5.03. The van der Waals surface area contributed by atoms with E-state index < -0.39 is 0 Å². The van der Waals surface area contributed by atoms with Gasteiger partial charge < -0.3 is 9.69 Å². The molecule has 0 saturated heterocycles. The van der Waals surface area contributed by atoms with Crippen LogP contribution in [-0.4, -0.2) is 23.6 Å². The summed E-state index contributed by atoms with van der Waals surface area (Å²) in [4.78, 5) is 23.5. The van der Waals surface area contributed by atoms with Crippen molar-refractivity contribution in [2.24, 2.45) is 0 Å². The predicted molar refractivity (Wildman–Crippen MR) is 54.9 cm³/mol. The molecule has 0 unspecified atom stereocenters. The zero-order valence-electron chi connectivity index (χ0n) is 7.37. The quantitative estimate of drug-likeness (QED) is 0.752. The molecule has 1 aromatic carbocycles. The number of fused-ring (bicyclic) bond motifs is 1. The maximum atomic E-state index is 11.6. The summed E-state index contributed by atoms with van der Waals surface area (Å²) in [5.74, 6) is -0.0559. The fraction of sp³-hybridized carbons (Fsp3) is 0.200. The first-order chi connectivity index (χ1) is 6.72. The Hall–Kier alpha value is -1.16. The van der Waals surface area contributed by atoms with E-state index in [1.807, 2.05) is 12.1 Å². The van der Waals surface area contributed by atoms with Gasteiger partial charge in [0.15, 0.2) is 0 Å². The molecule has 1 aliphatic heterocycles. The second kappa shape index (κ2) is 3.53. The molecule has 0 N–H and O–H groups in total. The molecule has 1 aromatic rings. The van der Waals surface area contributed by atoms with Crippen molar-refractivity contribution >= 4 is 28.1 Å². The lowest BCUT2D eigenvalue weighted by Gasteiger charge is -2.09. The molecule has 4 heteroatoms. The number of hydrogen-bond donors (Lipinski definition) is 0. The minimum absolute atomic E-state index is 0.0559. The maximum Gasteiger partial charge on any atom is 0.254 e. The fourth-order valence-corrected chi connectivity index (χ4v) is 2.00. The molecular formula is C10H8BrNO2. The van der Waals surface area contributed by atoms with E-state index in [1.165, 1.54) is 4.90 Å². The minimum atomic E-state index is -0.0559. The average molecular weight is 254 g/mol. The van der Waals surface area contributed by atoms with E-state index in [4.69, 9.17) is 0 Å². The highest BCUT2D eigenvalue weighted by molar-refractivity contribution is 9.10. The number of amides is 1. The van der Waals surface area contributed by atoms with Gasteiger partial charge in [0.1, 0.15) is 6.29 Å². The molecule has 3 nitrogen and oxygen atoms in total. The summed E-state index contributed by atoms with van der Waals surface area (Å²) in [6.45, 7) is 0.706. The molecule has 0 bridgehead atoms. The van der Waals surface area contributed by atoms with E-state index in [-0.39, 0.29) is 12.5 Å². The molecule has 0 atom stereocenters. The van der Waals surface area contributed by atoms with Crippen molar-refractivity contribution in [2.75, 3.05) is 6.54 Å². The lowest BCUT2D eigenvalue weighted by atomic mass is 10.1. The van der Waals surface area contributed by atoms with Crippen LogP contribution in [0.3, 0.4) is 0 Å². The molecule has 14 heavy (non-hydrogen) atoms. The molecule has 1 aliphatic rings. The van der Waals surface area contributed by atoms with Crippen LogP contribution in [0.5, 0.6) is 0 Å². The van der Waals surface area contributed by atoms with Crippen LogP contribution in [0.25, 0.3) is 0 Å². The Bertz CT molecular complexity index is 403. The van der Waals surface area contributed by atoms with Gasteiger partial charge in [0.05, 0.1) is 6.54 Å². The van der Waals surface area contributed by atoms with Gasteiger partial charge in [-0.3, -0.25) is 4.79 Å². The molecule has 0 spiro atoms. The summed E-state index contributed by atoms with van der Waals surface area (Å²) in [7, 11) is 0. The number of aldehydes is 1. The normalized spacial score (nSPS) is 14.4. The van der Waals surface area contributed by atoms with E-state index in [0.717, 1.165) is 16.3 Å². The summed E-state index contributed by atoms with van der Waals surface area (Å²) in [5, 5.41) is 0. The average Bonchev–Trinajstić information content (AvgIpc) is 2.44. The smallest absolute Gasteiger partial charge is 0.254 e. The van der Waals surface area contributed by atoms with E-state index in [9.17, 15) is 9.59 Å². The summed E-state index contributed by atoms with van der Waals surface area (Å²) in [6, 6.07) is 5.53. The van der Waals surface area contributed by atoms with Crippen molar-refractivity contribution in [3.8, 4) is 0 Å². The molecule has 0 aliphatic carbocycles. The third-order valence-electron chi connectivity index (χ3n) is 2.24. The number of hydrogen-bond acceptors (Lipinski definition) is 2. The van der Waals surface area contributed by atoms with Gasteiger partial charge in [-0.2, -0.15) is 0 Å². The van der Waals surface area contributed by atoms with Gasteiger partial charge in [-0.05, 0) is 23.8 Å². The molecule has 2 rings (SSSR count). The van der Waals surface area contributed by atoms with Crippen LogP contribution in [0, 0.1) is 0 Å². The van der Waals surface area contributed by atoms with Crippen LogP contribution >= 0.6 is 15.9 Å². The Morgan fingerprint density at radius 1 is 1.50 bits per heavy atom. The van der Waals surface area contributed by atoms with Crippen molar-refractivity contribution in [3.05, 3.63) is 33.8 Å². The monoisotopic (exact) mass is 253 g/mol. The van der Waals surface area contributed by atoms with Crippen LogP contribution in [0.15, 0.2) is 22.7 Å². The van der Waals surface area contributed by atoms with Gasteiger partial charge in [-0.25, -0.2) is 0 Å². The number of halogens is 1. The second-order valence-corrected chi connectivity index (χ2v) is 4.07. The molecule has 1 amide bonds. The summed E-state index contributed by atoms with van der Waals surface area (Å²) >= 11 is 3.34. The molecular weight excluding hydrogens is 246 g/mol. The highest BCUT2D eigenvalue weighted by Crippen LogP contribution is 2.25. The van der Waals surface area contributed by atoms with Gasteiger partial charge in [-0.15, -0.1) is 0 Å². The van der Waals surface area contributed by atoms with E-state index >= 15 is 0 Å². The van der Waals surface area contributed by atoms with Gasteiger partial charge in [0.25, 0.3) is 5.91 Å². The van der Waals surface area contributed by atoms with E-state index in [2.05, 4.69) is 15.9 Å². The van der Waals surface area contributed by atoms with Crippen molar-refractivity contribution in [1.29, 1.82) is 0 Å². The van der Waals surface area contributed by atoms with Crippen LogP contribution in [0.4, 0.5) is 0 Å². The maximum absolute atomic E-state index is 11.6. The van der Waals surface area contributed by atoms with E-state index in [1.54, 1.807) is 6.07 Å². The summed E-state index contributed by atoms with van der Waals surface area (Å²) in [6.07, 6.45) is 0.749. The Balaban J connectivity index is 2.35. The van der Waals surface area contributed by atoms with Crippen LogP contribution in [0.1, 0.15) is 15.9 Å². The van der Waals surface area contributed by atoms with Crippen molar-refractivity contribution in [1.82, 2.24) is 4.90 Å². The Morgan fingerprint density at radius 3 is 3.00 bits per heavy atom. The third kappa shape index (κ3) is 1.46. The largest absolute Gasteiger partial charge is 0.327 e. The number of nitrogens with zero attached hydrogens (tertiary/aromatic N) is 1. The van der Waals surface area contributed by atoms with Gasteiger partial charge in [0, 0.05) is 16.6 Å². The van der Waals surface area contributed by atoms with Crippen molar-refractivity contribution < 1.29 is 9.59 Å². The topological polar surface area (TPSA) is 37.4 Å². The molecule has 0 aromatic heterocycles. The van der Waals surface area contributed by atoms with Crippen LogP contribution < -0.4 is 0 Å². The number of carbonyl (C=O) groups is 2. The van der Waals surface area contributed by atoms with Crippen molar-refractivity contribution in [3.63, 3.8) is 0 Å². The molecule has 72 valence electrons. The van der Waals surface area contributed by atoms with Gasteiger partial charge in [-0.1, -0.05) is 15.9 Å². The Morgan fingerprint density at radius 2 is 2.29 bits per heavy atom. The number of rotatable bonds is 2. The zero-order valence-corrected chi connectivity index (χ0v) is 8.95. The van der Waals surface area contributed by atoms with Gasteiger partial charge >= 0.3 is 0 Å². The molecule has 0 saturated carbocycles. The first-order valence-electron chi connectivity index (χ1n) is 4.23. The number of benzene rings is 1. The Labute approximate surface area is 89.8 Å². The SMILES string of the molecule is O=CCN1Cc2cc(Br)ccc2C1=O. The Kier molecular flexibility index (Phi) is 2.37.